The molecule has 0 radical (unpaired) electrons. The van der Waals surface area contributed by atoms with Gasteiger partial charge in [-0.25, -0.2) is 0 Å². The summed E-state index contributed by atoms with van der Waals surface area (Å²) in [7, 11) is 1.43. The third-order valence-corrected chi connectivity index (χ3v) is 10.1. The molecule has 3 aliphatic rings. The highest BCUT2D eigenvalue weighted by Gasteiger charge is 2.48. The summed E-state index contributed by atoms with van der Waals surface area (Å²) in [5.41, 5.74) is -0.523. The number of rotatable bonds is 3. The Morgan fingerprint density at radius 1 is 1.00 bits per heavy atom. The molecule has 0 spiro atoms. The van der Waals surface area contributed by atoms with Gasteiger partial charge in [0.15, 0.2) is 11.5 Å². The number of esters is 1. The first-order valence-electron chi connectivity index (χ1n) is 16.8. The fraction of sp³-hybridized carbons (Fsp3) is 0.486. The topological polar surface area (TPSA) is 226 Å². The number of aliphatic hydroxyl groups is 2. The third kappa shape index (κ3) is 7.34. The molecule has 0 saturated heterocycles. The first-order valence-corrected chi connectivity index (χ1v) is 16.8. The van der Waals surface area contributed by atoms with Gasteiger partial charge in [-0.2, -0.15) is 0 Å². The number of aliphatic hydroxyl groups excluding tert-OH is 2. The lowest BCUT2D eigenvalue weighted by atomic mass is 9.78. The van der Waals surface area contributed by atoms with Gasteiger partial charge in [0.05, 0.1) is 41.2 Å². The van der Waals surface area contributed by atoms with Gasteiger partial charge < -0.3 is 49.9 Å². The molecule has 15 heteroatoms. The number of aromatic hydroxyl groups is 2. The Morgan fingerprint density at radius 2 is 1.67 bits per heavy atom. The predicted molar refractivity (Wildman–Crippen MR) is 192 cm³/mol. The minimum atomic E-state index is -1.87. The molecule has 1 amide bonds. The maximum atomic E-state index is 13.2. The van der Waals surface area contributed by atoms with Crippen LogP contribution in [0.15, 0.2) is 52.5 Å². The number of hydrogen-bond acceptors (Lipinski definition) is 14. The summed E-state index contributed by atoms with van der Waals surface area (Å²) < 4.78 is 23.6. The van der Waals surface area contributed by atoms with E-state index in [2.05, 4.69) is 15.6 Å². The molecule has 2 aromatic rings. The van der Waals surface area contributed by atoms with E-state index in [-0.39, 0.29) is 50.3 Å². The summed E-state index contributed by atoms with van der Waals surface area (Å²) in [4.78, 5) is 37.7. The van der Waals surface area contributed by atoms with Crippen LogP contribution >= 0.6 is 0 Å². The molecule has 282 valence electrons. The Morgan fingerprint density at radius 3 is 2.27 bits per heavy atom. The number of carbonyl (C=O) groups excluding carboxylic acids is 2. The van der Waals surface area contributed by atoms with E-state index in [1.165, 1.54) is 53.2 Å². The molecule has 0 aliphatic carbocycles. The van der Waals surface area contributed by atoms with Gasteiger partial charge in [-0.3, -0.25) is 9.59 Å². The molecule has 0 saturated carbocycles. The van der Waals surface area contributed by atoms with Gasteiger partial charge in [0, 0.05) is 61.2 Å². The molecule has 2 aromatic carbocycles. The number of oxime groups is 1. The second-order valence-corrected chi connectivity index (χ2v) is 13.6. The molecule has 9 atom stereocenters. The standard InChI is InChI=1S/C37H47N3O12/c1-16-11-10-12-17(2)36(46)38-24-15-23(39-47)26-27(32(24)45)31(44)21(6)34-28(26)35(40-48)37(8,52-34)50-14-13-25(49-9)18(3)33(51-22(7)41)20(5)30(43)19(4)29(16)42/h10-16,18-20,25,29-30,33,42-45,48H,1-9H3,(H,38,46)/b11-10+,14-13+,17-12-,40-35-/t16-,18+,19+,20+,25-,29-,30+,33+,37-/m0/s1. The second-order valence-electron chi connectivity index (χ2n) is 13.6. The van der Waals surface area contributed by atoms with E-state index >= 15 is 0 Å². The first-order chi connectivity index (χ1) is 24.4. The smallest absolute Gasteiger partial charge is 0.302 e. The molecule has 5 bridgehead atoms. The number of fused-ring (bicyclic) bond motifs is 14. The third-order valence-electron chi connectivity index (χ3n) is 10.1. The van der Waals surface area contributed by atoms with Crippen molar-refractivity contribution in [2.24, 2.45) is 34.0 Å². The maximum absolute atomic E-state index is 13.2. The Kier molecular flexibility index (Phi) is 12.0. The van der Waals surface area contributed by atoms with Gasteiger partial charge >= 0.3 is 5.97 Å². The number of anilines is 1. The van der Waals surface area contributed by atoms with E-state index < -0.39 is 77.3 Å². The largest absolute Gasteiger partial charge is 0.507 e. The summed E-state index contributed by atoms with van der Waals surface area (Å²) in [5, 5.41) is 64.3. The van der Waals surface area contributed by atoms with Crippen LogP contribution in [0.3, 0.4) is 0 Å². The SMILES string of the molecule is CO[C@H]1/C=C/O[C@@]2(C)Oc3c(C)c(O)c4c(O)c(cc(N=O)c4c3/C2=N/O)NC(=O)/C(C)=C\C=C\[C@H](C)[C@H](O)[C@@H](C)[C@@H](O)[C@@H](C)[C@H](OC(C)=O)[C@@H]1C. The zero-order valence-corrected chi connectivity index (χ0v) is 30.6. The van der Waals surface area contributed by atoms with Crippen LogP contribution in [0.4, 0.5) is 11.4 Å². The van der Waals surface area contributed by atoms with Crippen molar-refractivity contribution in [2.45, 2.75) is 85.6 Å². The van der Waals surface area contributed by atoms with Crippen molar-refractivity contribution < 1.29 is 54.2 Å². The summed E-state index contributed by atoms with van der Waals surface area (Å²) in [6.07, 6.45) is 3.60. The Bertz CT molecular complexity index is 1850. The van der Waals surface area contributed by atoms with E-state index in [9.17, 15) is 40.1 Å². The molecule has 0 unspecified atom stereocenters. The molecular formula is C37H47N3O12. The zero-order chi connectivity index (χ0) is 38.8. The van der Waals surface area contributed by atoms with Crippen molar-refractivity contribution in [3.63, 3.8) is 0 Å². The molecule has 3 heterocycles. The Hall–Kier alpha value is -4.99. The molecular weight excluding hydrogens is 678 g/mol. The normalized spacial score (nSPS) is 33.1. The highest BCUT2D eigenvalue weighted by Crippen LogP contribution is 2.54. The summed E-state index contributed by atoms with van der Waals surface area (Å²) in [5.74, 6) is -6.66. The fourth-order valence-electron chi connectivity index (χ4n) is 6.88. The fourth-order valence-corrected chi connectivity index (χ4v) is 6.88. The van der Waals surface area contributed by atoms with E-state index in [1.807, 2.05) is 0 Å². The number of phenolic OH excluding ortho intramolecular Hbond substituents is 2. The summed E-state index contributed by atoms with van der Waals surface area (Å²) in [6.45, 7) is 12.5. The predicted octanol–water partition coefficient (Wildman–Crippen LogP) is 5.44. The number of hydrogen-bond donors (Lipinski definition) is 6. The van der Waals surface area contributed by atoms with Crippen molar-refractivity contribution >= 4 is 39.7 Å². The van der Waals surface area contributed by atoms with Crippen LogP contribution in [0.1, 0.15) is 59.6 Å². The van der Waals surface area contributed by atoms with Crippen molar-refractivity contribution in [1.29, 1.82) is 0 Å². The number of benzene rings is 2. The van der Waals surface area contributed by atoms with E-state index in [4.69, 9.17) is 18.9 Å². The maximum Gasteiger partial charge on any atom is 0.302 e. The Balaban J connectivity index is 1.93. The number of ether oxygens (including phenoxy) is 4. The van der Waals surface area contributed by atoms with Crippen LogP contribution in [-0.2, 0) is 23.8 Å². The Labute approximate surface area is 301 Å². The molecule has 6 N–H and O–H groups in total. The molecule has 52 heavy (non-hydrogen) atoms. The first kappa shape index (κ1) is 39.8. The molecule has 0 fully saturated rings. The van der Waals surface area contributed by atoms with Gasteiger partial charge in [-0.05, 0) is 31.2 Å². The average molecular weight is 726 g/mol. The monoisotopic (exact) mass is 725 g/mol. The summed E-state index contributed by atoms with van der Waals surface area (Å²) in [6, 6.07) is 1.11. The van der Waals surface area contributed by atoms with Gasteiger partial charge in [-0.1, -0.05) is 51.1 Å². The van der Waals surface area contributed by atoms with Gasteiger partial charge in [-0.15, -0.1) is 4.91 Å². The van der Waals surface area contributed by atoms with E-state index in [0.29, 0.717) is 0 Å². The zero-order valence-electron chi connectivity index (χ0n) is 30.6. The molecule has 15 nitrogen and oxygen atoms in total. The van der Waals surface area contributed by atoms with Crippen LogP contribution in [0.25, 0.3) is 10.8 Å². The number of methoxy groups -OCH3 is 1. The quantitative estimate of drug-likeness (QED) is 0.0765. The van der Waals surface area contributed by atoms with Crippen LogP contribution in [0.2, 0.25) is 0 Å². The average Bonchev–Trinajstić information content (AvgIpc) is 3.41. The van der Waals surface area contributed by atoms with Crippen molar-refractivity contribution in [3.8, 4) is 17.2 Å². The lowest BCUT2D eigenvalue weighted by Gasteiger charge is -2.38. The van der Waals surface area contributed by atoms with E-state index in [1.54, 1.807) is 39.8 Å². The number of allylic oxidation sites excluding steroid dienone is 2. The van der Waals surface area contributed by atoms with Crippen molar-refractivity contribution in [2.75, 3.05) is 12.4 Å². The van der Waals surface area contributed by atoms with E-state index in [0.717, 1.165) is 6.07 Å². The summed E-state index contributed by atoms with van der Waals surface area (Å²) >= 11 is 0. The molecule has 3 aliphatic heterocycles. The highest BCUT2D eigenvalue weighted by atomic mass is 16.7. The van der Waals surface area contributed by atoms with Crippen molar-refractivity contribution in [3.05, 3.63) is 58.2 Å². The number of phenols is 2. The lowest BCUT2D eigenvalue weighted by Crippen LogP contribution is -2.46. The lowest BCUT2D eigenvalue weighted by molar-refractivity contribution is -0.160. The van der Waals surface area contributed by atoms with Crippen LogP contribution in [0, 0.1) is 35.5 Å². The highest BCUT2D eigenvalue weighted by molar-refractivity contribution is 6.24. The second kappa shape index (κ2) is 15.7. The number of carbonyl (C=O) groups is 2. The minimum absolute atomic E-state index is 0.00182. The van der Waals surface area contributed by atoms with Gasteiger partial charge in [0.1, 0.15) is 23.3 Å². The van der Waals surface area contributed by atoms with Crippen LogP contribution in [0.5, 0.6) is 17.2 Å². The number of nitrogens with zero attached hydrogens (tertiary/aromatic N) is 2. The van der Waals surface area contributed by atoms with Gasteiger partial charge in [0.25, 0.3) is 11.7 Å². The number of amides is 1. The van der Waals surface area contributed by atoms with Crippen LogP contribution in [-0.4, -0.2) is 80.5 Å². The molecule has 5 rings (SSSR count). The number of nitroso groups, excluding NO2 is 1. The molecule has 0 aromatic heterocycles. The van der Waals surface area contributed by atoms with Crippen LogP contribution < -0.4 is 10.1 Å². The van der Waals surface area contributed by atoms with Crippen molar-refractivity contribution in [1.82, 2.24) is 0 Å². The van der Waals surface area contributed by atoms with Gasteiger partial charge in [0.2, 0.25) is 0 Å². The number of nitrogens with one attached hydrogen (secondary N) is 1. The minimum Gasteiger partial charge on any atom is -0.507 e.